The van der Waals surface area contributed by atoms with E-state index in [2.05, 4.69) is 41.0 Å². The lowest BCUT2D eigenvalue weighted by Crippen LogP contribution is -2.49. The smallest absolute Gasteiger partial charge is 0.254 e. The topological polar surface area (TPSA) is 53.0 Å². The fourth-order valence-electron chi connectivity index (χ4n) is 6.12. The van der Waals surface area contributed by atoms with Crippen LogP contribution in [0.25, 0.3) is 0 Å². The molecule has 38 heavy (non-hydrogen) atoms. The molecule has 0 radical (unpaired) electrons. The third-order valence-electron chi connectivity index (χ3n) is 8.23. The molecular weight excluding hydrogens is 472 g/mol. The molecule has 2 heterocycles. The van der Waals surface area contributed by atoms with Crippen LogP contribution in [0.1, 0.15) is 73.1 Å². The number of likely N-dealkylation sites (tertiary alicyclic amines) is 1. The molecule has 1 saturated carbocycles. The first-order valence-electron chi connectivity index (χ1n) is 14.2. The molecule has 0 bridgehead atoms. The van der Waals surface area contributed by atoms with Crippen LogP contribution in [0, 0.1) is 0 Å². The molecule has 200 valence electrons. The summed E-state index contributed by atoms with van der Waals surface area (Å²) in [7, 11) is 0. The number of rotatable bonds is 6. The maximum atomic E-state index is 13.9. The van der Waals surface area contributed by atoms with Gasteiger partial charge in [0.15, 0.2) is 0 Å². The number of fused-ring (bicyclic) bond motifs is 1. The lowest BCUT2D eigenvalue weighted by Gasteiger charge is -2.44. The zero-order valence-electron chi connectivity index (χ0n) is 22.9. The molecule has 2 unspecified atom stereocenters. The first kappa shape index (κ1) is 26.3. The van der Waals surface area contributed by atoms with Gasteiger partial charge in [0.2, 0.25) is 0 Å². The molecule has 5 heteroatoms. The lowest BCUT2D eigenvalue weighted by molar-refractivity contribution is 0.0486. The van der Waals surface area contributed by atoms with E-state index in [1.54, 1.807) is 6.07 Å². The minimum atomic E-state index is -0.158. The van der Waals surface area contributed by atoms with Gasteiger partial charge in [-0.1, -0.05) is 57.2 Å². The van der Waals surface area contributed by atoms with Gasteiger partial charge in [-0.25, -0.2) is 0 Å². The van der Waals surface area contributed by atoms with Gasteiger partial charge >= 0.3 is 0 Å². The Kier molecular flexibility index (Phi) is 7.75. The van der Waals surface area contributed by atoms with E-state index in [-0.39, 0.29) is 23.6 Å². The average molecular weight is 513 g/mol. The summed E-state index contributed by atoms with van der Waals surface area (Å²) in [6, 6.07) is 23.6. The molecular formula is C33H40N2O3. The van der Waals surface area contributed by atoms with Crippen molar-refractivity contribution in [3.05, 3.63) is 95.1 Å². The van der Waals surface area contributed by atoms with Gasteiger partial charge in [-0.2, -0.15) is 0 Å². The van der Waals surface area contributed by atoms with Crippen LogP contribution in [0.3, 0.4) is 0 Å². The van der Waals surface area contributed by atoms with E-state index in [9.17, 15) is 9.90 Å². The lowest BCUT2D eigenvalue weighted by atomic mass is 9.83. The highest BCUT2D eigenvalue weighted by Crippen LogP contribution is 2.54. The molecule has 5 nitrogen and oxygen atoms in total. The molecule has 3 aromatic carbocycles. The van der Waals surface area contributed by atoms with E-state index in [1.807, 2.05) is 56.3 Å². The third kappa shape index (κ3) is 5.30. The second-order valence-electron chi connectivity index (χ2n) is 10.6. The number of carbonyl (C=O) groups is 1. The van der Waals surface area contributed by atoms with E-state index >= 15 is 0 Å². The monoisotopic (exact) mass is 512 g/mol. The Morgan fingerprint density at radius 1 is 1.03 bits per heavy atom. The maximum Gasteiger partial charge on any atom is 0.254 e. The molecule has 3 aliphatic rings. The summed E-state index contributed by atoms with van der Waals surface area (Å²) >= 11 is 0. The van der Waals surface area contributed by atoms with Crippen molar-refractivity contribution in [2.75, 3.05) is 19.6 Å². The quantitative estimate of drug-likeness (QED) is 0.415. The number of hydrogen-bond donors (Lipinski definition) is 1. The zero-order valence-corrected chi connectivity index (χ0v) is 22.9. The standard InChI is InChI=1S/C31H34N2O3.C2H6/c1-2-32-17-14-27(21-32)36-26-11-8-22(9-12-26)18-29-28-13-10-25(34)19-24(28)20-31(15-16-31)33(29)30(35)23-6-4-3-5-7-23;1-2/h3-13,19,27,29,34H,2,14-18,20-21H2,1H3;1-2H3. The van der Waals surface area contributed by atoms with Crippen molar-refractivity contribution in [1.82, 2.24) is 9.80 Å². The number of ether oxygens (including phenoxy) is 1. The number of aromatic hydroxyl groups is 1. The normalized spacial score (nSPS) is 21.4. The van der Waals surface area contributed by atoms with E-state index in [0.29, 0.717) is 5.75 Å². The van der Waals surface area contributed by atoms with Crippen LogP contribution in [0.4, 0.5) is 0 Å². The first-order valence-corrected chi connectivity index (χ1v) is 14.2. The second-order valence-corrected chi connectivity index (χ2v) is 10.6. The largest absolute Gasteiger partial charge is 0.508 e. The highest BCUT2D eigenvalue weighted by Gasteiger charge is 2.55. The molecule has 0 aromatic heterocycles. The van der Waals surface area contributed by atoms with Crippen LogP contribution in [0.5, 0.6) is 11.5 Å². The maximum absolute atomic E-state index is 13.9. The van der Waals surface area contributed by atoms with Gasteiger partial charge in [-0.15, -0.1) is 0 Å². The van der Waals surface area contributed by atoms with Crippen LogP contribution in [-0.4, -0.2) is 52.1 Å². The van der Waals surface area contributed by atoms with E-state index < -0.39 is 0 Å². The Morgan fingerprint density at radius 3 is 2.42 bits per heavy atom. The van der Waals surface area contributed by atoms with Crippen molar-refractivity contribution in [2.24, 2.45) is 0 Å². The summed E-state index contributed by atoms with van der Waals surface area (Å²) in [5.74, 6) is 1.30. The molecule has 2 atom stereocenters. The number of hydrogen-bond acceptors (Lipinski definition) is 4. The SMILES string of the molecule is CC.CCN1CCC(Oc2ccc(CC3c4ccc(O)cc4CC4(CC4)N3C(=O)c3ccccc3)cc2)C1. The van der Waals surface area contributed by atoms with Crippen LogP contribution in [-0.2, 0) is 12.8 Å². The van der Waals surface area contributed by atoms with Crippen LogP contribution in [0.2, 0.25) is 0 Å². The van der Waals surface area contributed by atoms with E-state index in [4.69, 9.17) is 4.74 Å². The Balaban J connectivity index is 0.00000144. The minimum Gasteiger partial charge on any atom is -0.508 e. The summed E-state index contributed by atoms with van der Waals surface area (Å²) in [5.41, 5.74) is 4.06. The molecule has 3 aromatic rings. The fourth-order valence-corrected chi connectivity index (χ4v) is 6.12. The van der Waals surface area contributed by atoms with Gasteiger partial charge < -0.3 is 14.7 Å². The summed E-state index contributed by atoms with van der Waals surface area (Å²) in [5, 5.41) is 10.2. The number of likely N-dealkylation sites (N-methyl/N-ethyl adjacent to an activating group) is 1. The van der Waals surface area contributed by atoms with Gasteiger partial charge in [0.05, 0.1) is 6.04 Å². The Bertz CT molecular complexity index is 1240. The number of phenolic OH excluding ortho intramolecular Hbond substituents is 1. The molecule has 1 N–H and O–H groups in total. The Hall–Kier alpha value is -3.31. The summed E-state index contributed by atoms with van der Waals surface area (Å²) in [4.78, 5) is 18.5. The number of benzene rings is 3. The number of amides is 1. The van der Waals surface area contributed by atoms with Crippen molar-refractivity contribution in [2.45, 2.75) is 70.6 Å². The van der Waals surface area contributed by atoms with Gasteiger partial charge in [-0.3, -0.25) is 9.69 Å². The van der Waals surface area contributed by atoms with Gasteiger partial charge in [-0.05, 0) is 91.7 Å². The third-order valence-corrected chi connectivity index (χ3v) is 8.23. The number of carbonyl (C=O) groups excluding carboxylic acids is 1. The zero-order chi connectivity index (χ0) is 26.7. The van der Waals surface area contributed by atoms with Crippen molar-refractivity contribution >= 4 is 5.91 Å². The average Bonchev–Trinajstić information content (AvgIpc) is 3.55. The van der Waals surface area contributed by atoms with Crippen LogP contribution >= 0.6 is 0 Å². The van der Waals surface area contributed by atoms with E-state index in [0.717, 1.165) is 74.2 Å². The van der Waals surface area contributed by atoms with Gasteiger partial charge in [0.1, 0.15) is 17.6 Å². The van der Waals surface area contributed by atoms with Crippen molar-refractivity contribution in [3.63, 3.8) is 0 Å². The predicted octanol–water partition coefficient (Wildman–Crippen LogP) is 6.41. The molecule has 1 saturated heterocycles. The fraction of sp³-hybridized carbons (Fsp3) is 0.424. The molecule has 1 amide bonds. The van der Waals surface area contributed by atoms with Crippen LogP contribution < -0.4 is 4.74 Å². The number of nitrogens with zero attached hydrogens (tertiary/aromatic N) is 2. The summed E-state index contributed by atoms with van der Waals surface area (Å²) < 4.78 is 6.25. The molecule has 2 aliphatic heterocycles. The van der Waals surface area contributed by atoms with Crippen molar-refractivity contribution < 1.29 is 14.6 Å². The van der Waals surface area contributed by atoms with E-state index in [1.165, 1.54) is 5.56 Å². The Morgan fingerprint density at radius 2 is 1.76 bits per heavy atom. The van der Waals surface area contributed by atoms with Crippen molar-refractivity contribution in [3.8, 4) is 11.5 Å². The summed E-state index contributed by atoms with van der Waals surface area (Å²) in [6.45, 7) is 9.35. The van der Waals surface area contributed by atoms with Gasteiger partial charge in [0.25, 0.3) is 5.91 Å². The molecule has 6 rings (SSSR count). The molecule has 1 spiro atoms. The predicted molar refractivity (Wildman–Crippen MR) is 152 cm³/mol. The van der Waals surface area contributed by atoms with Crippen LogP contribution in [0.15, 0.2) is 72.8 Å². The summed E-state index contributed by atoms with van der Waals surface area (Å²) in [6.07, 6.45) is 4.85. The molecule has 1 aliphatic carbocycles. The number of phenols is 1. The highest BCUT2D eigenvalue weighted by atomic mass is 16.5. The Labute approximate surface area is 227 Å². The first-order chi connectivity index (χ1) is 18.5. The second kappa shape index (κ2) is 11.2. The highest BCUT2D eigenvalue weighted by molar-refractivity contribution is 5.95. The molecule has 2 fully saturated rings. The van der Waals surface area contributed by atoms with Gasteiger partial charge in [0, 0.05) is 24.2 Å². The van der Waals surface area contributed by atoms with Crippen molar-refractivity contribution in [1.29, 1.82) is 0 Å². The minimum absolute atomic E-state index is 0.0794.